The van der Waals surface area contributed by atoms with Gasteiger partial charge in [0.2, 0.25) is 11.8 Å². The molecule has 1 aromatic rings. The highest BCUT2D eigenvalue weighted by molar-refractivity contribution is 5.91. The monoisotopic (exact) mass is 459 g/mol. The summed E-state index contributed by atoms with van der Waals surface area (Å²) in [7, 11) is 0. The van der Waals surface area contributed by atoms with Crippen molar-refractivity contribution in [1.29, 1.82) is 0 Å². The molecule has 1 atom stereocenters. The highest BCUT2D eigenvalue weighted by Gasteiger charge is 2.40. The van der Waals surface area contributed by atoms with Gasteiger partial charge in [0, 0.05) is 12.1 Å². The van der Waals surface area contributed by atoms with Crippen molar-refractivity contribution in [3.05, 3.63) is 42.0 Å². The molecule has 0 spiro atoms. The van der Waals surface area contributed by atoms with E-state index in [0.717, 1.165) is 18.4 Å². The van der Waals surface area contributed by atoms with E-state index in [9.17, 15) is 14.4 Å². The molecule has 0 saturated carbocycles. The van der Waals surface area contributed by atoms with E-state index in [1.54, 1.807) is 31.7 Å². The number of carbonyl (C=O) groups excluding carboxylic acids is 3. The quantitative estimate of drug-likeness (QED) is 0.464. The minimum Gasteiger partial charge on any atom is -0.444 e. The van der Waals surface area contributed by atoms with Crippen molar-refractivity contribution in [2.45, 2.75) is 84.9 Å². The molecule has 1 aromatic carbocycles. The first-order valence-corrected chi connectivity index (χ1v) is 11.7. The lowest BCUT2D eigenvalue weighted by molar-refractivity contribution is -0.146. The molecule has 0 saturated heterocycles. The van der Waals surface area contributed by atoms with Crippen molar-refractivity contribution < 1.29 is 19.1 Å². The van der Waals surface area contributed by atoms with E-state index in [2.05, 4.69) is 24.1 Å². The maximum absolute atomic E-state index is 13.5. The molecule has 0 aliphatic heterocycles. The van der Waals surface area contributed by atoms with Gasteiger partial charge in [-0.3, -0.25) is 9.59 Å². The second kappa shape index (κ2) is 12.4. The summed E-state index contributed by atoms with van der Waals surface area (Å²) >= 11 is 0. The van der Waals surface area contributed by atoms with Crippen molar-refractivity contribution in [1.82, 2.24) is 15.5 Å². The van der Waals surface area contributed by atoms with E-state index >= 15 is 0 Å². The van der Waals surface area contributed by atoms with Crippen LogP contribution in [0.15, 0.2) is 30.8 Å². The van der Waals surface area contributed by atoms with Crippen LogP contribution in [0.5, 0.6) is 0 Å². The second-order valence-electron chi connectivity index (χ2n) is 9.71. The Morgan fingerprint density at radius 3 is 2.33 bits per heavy atom. The van der Waals surface area contributed by atoms with Gasteiger partial charge in [-0.1, -0.05) is 51.1 Å². The van der Waals surface area contributed by atoms with Gasteiger partial charge in [-0.25, -0.2) is 4.79 Å². The Morgan fingerprint density at radius 2 is 1.79 bits per heavy atom. The maximum atomic E-state index is 13.5. The topological polar surface area (TPSA) is 87.7 Å². The second-order valence-corrected chi connectivity index (χ2v) is 9.71. The number of ether oxygens (including phenoxy) is 1. The first-order chi connectivity index (χ1) is 15.4. The summed E-state index contributed by atoms with van der Waals surface area (Å²) in [5.74, 6) is -0.621. The van der Waals surface area contributed by atoms with Crippen LogP contribution in [-0.4, -0.2) is 47.0 Å². The summed E-state index contributed by atoms with van der Waals surface area (Å²) in [6, 6.07) is 6.59. The fraction of sp³-hybridized carbons (Fsp3) is 0.577. The maximum Gasteiger partial charge on any atom is 0.408 e. The minimum absolute atomic E-state index is 0.253. The third kappa shape index (κ3) is 8.91. The average molecular weight is 460 g/mol. The van der Waals surface area contributed by atoms with Crippen molar-refractivity contribution in [2.75, 3.05) is 13.1 Å². The molecule has 0 radical (unpaired) electrons. The number of amides is 3. The van der Waals surface area contributed by atoms with E-state index in [0.29, 0.717) is 18.5 Å². The Hall–Kier alpha value is -2.83. The predicted molar refractivity (Wildman–Crippen MR) is 133 cm³/mol. The molecule has 0 fully saturated rings. The van der Waals surface area contributed by atoms with Crippen molar-refractivity contribution in [2.24, 2.45) is 0 Å². The van der Waals surface area contributed by atoms with Crippen molar-refractivity contribution >= 4 is 24.0 Å². The number of alkyl carbamates (subject to hydrolysis) is 1. The smallest absolute Gasteiger partial charge is 0.408 e. The number of nitrogens with zero attached hydrogens (tertiary/aromatic N) is 1. The Kier molecular flexibility index (Phi) is 10.6. The van der Waals surface area contributed by atoms with E-state index in [4.69, 9.17) is 4.74 Å². The van der Waals surface area contributed by atoms with Crippen molar-refractivity contribution in [3.8, 4) is 0 Å². The van der Waals surface area contributed by atoms with Crippen LogP contribution >= 0.6 is 0 Å². The summed E-state index contributed by atoms with van der Waals surface area (Å²) < 4.78 is 5.26. The van der Waals surface area contributed by atoms with Gasteiger partial charge in [-0.2, -0.15) is 0 Å². The van der Waals surface area contributed by atoms with Crippen LogP contribution in [0.4, 0.5) is 4.79 Å². The van der Waals surface area contributed by atoms with Crippen LogP contribution < -0.4 is 10.6 Å². The standard InChI is InChI=1S/C26H41N3O4/c1-9-12-16-27-23(31)22(20-15-13-14-19(10-2)17-20)29(26(7,8)11-3)21(30)18-28-24(32)33-25(4,5)6/h10,13-15,17,22H,2,9,11-12,16,18H2,1,3-8H3,(H,27,31)(H,28,32). The lowest BCUT2D eigenvalue weighted by Gasteiger charge is -2.43. The molecule has 7 heteroatoms. The van der Waals surface area contributed by atoms with Gasteiger partial charge in [-0.15, -0.1) is 0 Å². The molecule has 2 N–H and O–H groups in total. The van der Waals surface area contributed by atoms with Gasteiger partial charge in [0.15, 0.2) is 0 Å². The summed E-state index contributed by atoms with van der Waals surface area (Å²) in [5.41, 5.74) is 0.215. The molecular formula is C26H41N3O4. The number of hydrogen-bond acceptors (Lipinski definition) is 4. The van der Waals surface area contributed by atoms with E-state index in [1.807, 2.05) is 45.0 Å². The lowest BCUT2D eigenvalue weighted by atomic mass is 9.92. The molecule has 1 unspecified atom stereocenters. The summed E-state index contributed by atoms with van der Waals surface area (Å²) in [5, 5.41) is 5.51. The van der Waals surface area contributed by atoms with Gasteiger partial charge in [0.25, 0.3) is 0 Å². The van der Waals surface area contributed by atoms with Gasteiger partial charge >= 0.3 is 6.09 Å². The normalized spacial score (nSPS) is 12.5. The number of hydrogen-bond donors (Lipinski definition) is 2. The molecule has 33 heavy (non-hydrogen) atoms. The van der Waals surface area contributed by atoms with Gasteiger partial charge in [0.1, 0.15) is 18.2 Å². The number of rotatable bonds is 11. The molecule has 3 amide bonds. The Morgan fingerprint density at radius 1 is 1.12 bits per heavy atom. The Balaban J connectivity index is 3.35. The third-order valence-electron chi connectivity index (χ3n) is 5.37. The fourth-order valence-corrected chi connectivity index (χ4v) is 3.31. The zero-order valence-corrected chi connectivity index (χ0v) is 21.3. The fourth-order valence-electron chi connectivity index (χ4n) is 3.31. The van der Waals surface area contributed by atoms with Crippen LogP contribution in [0.25, 0.3) is 6.08 Å². The first kappa shape index (κ1) is 28.2. The van der Waals surface area contributed by atoms with Crippen LogP contribution in [0.3, 0.4) is 0 Å². The van der Waals surface area contributed by atoms with Crippen LogP contribution in [0.1, 0.15) is 84.9 Å². The zero-order valence-electron chi connectivity index (χ0n) is 21.3. The highest BCUT2D eigenvalue weighted by atomic mass is 16.6. The number of nitrogens with one attached hydrogen (secondary N) is 2. The van der Waals surface area contributed by atoms with E-state index in [-0.39, 0.29) is 18.4 Å². The van der Waals surface area contributed by atoms with Gasteiger partial charge in [-0.05, 0) is 64.7 Å². The number of unbranched alkanes of at least 4 members (excludes halogenated alkanes) is 1. The van der Waals surface area contributed by atoms with Crippen LogP contribution in [0.2, 0.25) is 0 Å². The number of benzene rings is 1. The van der Waals surface area contributed by atoms with Crippen LogP contribution in [0, 0.1) is 0 Å². The minimum atomic E-state index is -0.857. The van der Waals surface area contributed by atoms with Gasteiger partial charge < -0.3 is 20.3 Å². The van der Waals surface area contributed by atoms with E-state index in [1.165, 1.54) is 0 Å². The molecule has 0 aliphatic carbocycles. The molecule has 0 aromatic heterocycles. The molecule has 184 valence electrons. The summed E-state index contributed by atoms with van der Waals surface area (Å²) in [6.07, 6.45) is 3.43. The van der Waals surface area contributed by atoms with Crippen LogP contribution in [-0.2, 0) is 14.3 Å². The first-order valence-electron chi connectivity index (χ1n) is 11.7. The molecule has 0 aliphatic rings. The molecule has 1 rings (SSSR count). The third-order valence-corrected chi connectivity index (χ3v) is 5.37. The molecular weight excluding hydrogens is 418 g/mol. The van der Waals surface area contributed by atoms with Crippen molar-refractivity contribution in [3.63, 3.8) is 0 Å². The Bertz CT molecular complexity index is 827. The number of carbonyl (C=O) groups is 3. The lowest BCUT2D eigenvalue weighted by Crippen LogP contribution is -2.56. The molecule has 0 heterocycles. The highest BCUT2D eigenvalue weighted by Crippen LogP contribution is 2.32. The molecule has 7 nitrogen and oxygen atoms in total. The summed E-state index contributed by atoms with van der Waals surface area (Å²) in [6.45, 7) is 17.2. The van der Waals surface area contributed by atoms with E-state index < -0.39 is 23.3 Å². The van der Waals surface area contributed by atoms with Gasteiger partial charge in [0.05, 0.1) is 0 Å². The summed E-state index contributed by atoms with van der Waals surface area (Å²) in [4.78, 5) is 40.6. The largest absolute Gasteiger partial charge is 0.444 e. The zero-order chi connectivity index (χ0) is 25.2. The average Bonchev–Trinajstić information content (AvgIpc) is 2.74. The predicted octanol–water partition coefficient (Wildman–Crippen LogP) is 4.83. The molecule has 0 bridgehead atoms. The SMILES string of the molecule is C=Cc1cccc(C(C(=O)NCCCC)N(C(=O)CNC(=O)OC(C)(C)C)C(C)(C)CC)c1. The Labute approximate surface area is 198 Å².